The molecule has 0 radical (unpaired) electrons. The topological polar surface area (TPSA) is 51.0 Å². The van der Waals surface area contributed by atoms with Crippen LogP contribution in [-0.2, 0) is 11.8 Å². The van der Waals surface area contributed by atoms with Gasteiger partial charge in [0.25, 0.3) is 0 Å². The molecule has 1 heterocycles. The number of benzene rings is 1. The molecule has 0 aliphatic carbocycles. The van der Waals surface area contributed by atoms with Gasteiger partial charge in [0.15, 0.2) is 11.0 Å². The normalized spacial score (nSPS) is 10.4. The lowest BCUT2D eigenvalue weighted by Crippen LogP contribution is -2.32. The van der Waals surface area contributed by atoms with Crippen molar-refractivity contribution in [2.45, 2.75) is 12.1 Å². The van der Waals surface area contributed by atoms with E-state index in [0.717, 1.165) is 22.1 Å². The average molecular weight is 342 g/mol. The molecule has 2 rings (SSSR count). The van der Waals surface area contributed by atoms with E-state index in [4.69, 9.17) is 0 Å². The molecule has 0 unspecified atom stereocenters. The minimum absolute atomic E-state index is 0.0280. The highest BCUT2D eigenvalue weighted by molar-refractivity contribution is 7.99. The van der Waals surface area contributed by atoms with Crippen molar-refractivity contribution < 1.29 is 4.79 Å². The molecule has 1 amide bonds. The van der Waals surface area contributed by atoms with E-state index in [9.17, 15) is 4.79 Å². The number of nitrogens with zero attached hydrogens (tertiary/aromatic N) is 4. The number of aryl methyl sites for hydroxylation is 1. The van der Waals surface area contributed by atoms with Gasteiger partial charge in [0.05, 0.1) is 5.75 Å². The van der Waals surface area contributed by atoms with Crippen molar-refractivity contribution in [3.8, 4) is 11.4 Å². The molecule has 5 nitrogen and oxygen atoms in total. The fraction of sp³-hybridized carbons (Fsp3) is 0.278. The van der Waals surface area contributed by atoms with Gasteiger partial charge in [-0.25, -0.2) is 0 Å². The Morgan fingerprint density at radius 1 is 1.25 bits per heavy atom. The molecule has 0 saturated heterocycles. The molecule has 0 aliphatic heterocycles. The first kappa shape index (κ1) is 18.0. The molecule has 2 aromatic rings. The number of rotatable bonds is 8. The zero-order chi connectivity index (χ0) is 17.5. The lowest BCUT2D eigenvalue weighted by molar-refractivity contribution is -0.127. The highest BCUT2D eigenvalue weighted by Gasteiger charge is 2.16. The number of carbonyl (C=O) groups is 1. The van der Waals surface area contributed by atoms with E-state index in [-0.39, 0.29) is 5.91 Å². The van der Waals surface area contributed by atoms with Crippen LogP contribution < -0.4 is 0 Å². The Morgan fingerprint density at radius 3 is 2.54 bits per heavy atom. The van der Waals surface area contributed by atoms with E-state index in [1.165, 1.54) is 11.8 Å². The van der Waals surface area contributed by atoms with Gasteiger partial charge in [-0.1, -0.05) is 48.2 Å². The molecule has 0 aliphatic rings. The zero-order valence-corrected chi connectivity index (χ0v) is 14.9. The summed E-state index contributed by atoms with van der Waals surface area (Å²) in [5, 5.41) is 9.22. The largest absolute Gasteiger partial charge is 0.335 e. The fourth-order valence-electron chi connectivity index (χ4n) is 2.31. The zero-order valence-electron chi connectivity index (χ0n) is 14.1. The Hall–Kier alpha value is -2.34. The van der Waals surface area contributed by atoms with Gasteiger partial charge in [0.1, 0.15) is 0 Å². The Kier molecular flexibility index (Phi) is 6.37. The molecule has 6 heteroatoms. The minimum atomic E-state index is 0.0280. The van der Waals surface area contributed by atoms with Gasteiger partial charge in [0, 0.05) is 25.7 Å². The molecule has 0 atom stereocenters. The Labute approximate surface area is 147 Å². The van der Waals surface area contributed by atoms with Crippen LogP contribution in [0.4, 0.5) is 0 Å². The van der Waals surface area contributed by atoms with E-state index in [1.54, 1.807) is 17.1 Å². The van der Waals surface area contributed by atoms with Crippen molar-refractivity contribution in [3.05, 3.63) is 55.1 Å². The van der Waals surface area contributed by atoms with Crippen molar-refractivity contribution >= 4 is 17.7 Å². The van der Waals surface area contributed by atoms with E-state index >= 15 is 0 Å². The predicted octanol–water partition coefficient (Wildman–Crippen LogP) is 3.08. The Balaban J connectivity index is 2.09. The molecule has 24 heavy (non-hydrogen) atoms. The standard InChI is InChI=1S/C18H22N4OS/c1-5-11-22(12-6-2)16(23)13-24-18-20-19-17(21(18)4)15-10-8-7-9-14(15)3/h5-10H,1-2,11-13H2,3-4H3. The molecule has 0 N–H and O–H groups in total. The molecular weight excluding hydrogens is 320 g/mol. The predicted molar refractivity (Wildman–Crippen MR) is 98.9 cm³/mol. The second kappa shape index (κ2) is 8.49. The summed E-state index contributed by atoms with van der Waals surface area (Å²) in [6, 6.07) is 8.05. The minimum Gasteiger partial charge on any atom is -0.335 e. The van der Waals surface area contributed by atoms with Gasteiger partial charge in [-0.2, -0.15) is 0 Å². The van der Waals surface area contributed by atoms with Gasteiger partial charge in [-0.05, 0) is 12.5 Å². The second-order valence-corrected chi connectivity index (χ2v) is 6.29. The van der Waals surface area contributed by atoms with Crippen LogP contribution in [0.15, 0.2) is 54.7 Å². The maximum absolute atomic E-state index is 12.3. The van der Waals surface area contributed by atoms with Crippen molar-refractivity contribution in [1.82, 2.24) is 19.7 Å². The van der Waals surface area contributed by atoms with Gasteiger partial charge in [0.2, 0.25) is 5.91 Å². The van der Waals surface area contributed by atoms with E-state index in [2.05, 4.69) is 23.4 Å². The van der Waals surface area contributed by atoms with Crippen LogP contribution in [0.1, 0.15) is 5.56 Å². The third-order valence-corrected chi connectivity index (χ3v) is 4.60. The number of hydrogen-bond donors (Lipinski definition) is 0. The lowest BCUT2D eigenvalue weighted by atomic mass is 10.1. The highest BCUT2D eigenvalue weighted by Crippen LogP contribution is 2.25. The van der Waals surface area contributed by atoms with Crippen LogP contribution in [-0.4, -0.2) is 44.4 Å². The summed E-state index contributed by atoms with van der Waals surface area (Å²) in [4.78, 5) is 14.0. The number of carbonyl (C=O) groups excluding carboxylic acids is 1. The quantitative estimate of drug-likeness (QED) is 0.546. The van der Waals surface area contributed by atoms with Crippen molar-refractivity contribution in [1.29, 1.82) is 0 Å². The molecule has 1 aromatic heterocycles. The summed E-state index contributed by atoms with van der Waals surface area (Å²) in [6.45, 7) is 10.4. The number of thioether (sulfide) groups is 1. The molecule has 0 bridgehead atoms. The molecule has 0 saturated carbocycles. The van der Waals surface area contributed by atoms with Gasteiger partial charge < -0.3 is 9.47 Å². The summed E-state index contributed by atoms with van der Waals surface area (Å²) in [7, 11) is 1.92. The monoisotopic (exact) mass is 342 g/mol. The molecule has 126 valence electrons. The number of amides is 1. The summed E-state index contributed by atoms with van der Waals surface area (Å²) >= 11 is 1.39. The van der Waals surface area contributed by atoms with Crippen LogP contribution in [0.2, 0.25) is 0 Å². The second-order valence-electron chi connectivity index (χ2n) is 5.34. The van der Waals surface area contributed by atoms with Crippen LogP contribution in [0.3, 0.4) is 0 Å². The maximum atomic E-state index is 12.3. The van der Waals surface area contributed by atoms with E-state index < -0.39 is 0 Å². The van der Waals surface area contributed by atoms with Crippen LogP contribution >= 0.6 is 11.8 Å². The van der Waals surface area contributed by atoms with Crippen molar-refractivity contribution in [3.63, 3.8) is 0 Å². The molecule has 1 aromatic carbocycles. The van der Waals surface area contributed by atoms with Crippen LogP contribution in [0.25, 0.3) is 11.4 Å². The Bertz CT molecular complexity index is 728. The van der Waals surface area contributed by atoms with Gasteiger partial charge >= 0.3 is 0 Å². The lowest BCUT2D eigenvalue weighted by Gasteiger charge is -2.18. The third kappa shape index (κ3) is 4.14. The van der Waals surface area contributed by atoms with E-state index in [1.807, 2.05) is 42.8 Å². The van der Waals surface area contributed by atoms with Gasteiger partial charge in [-0.3, -0.25) is 4.79 Å². The average Bonchev–Trinajstić information content (AvgIpc) is 2.93. The Morgan fingerprint density at radius 2 is 1.92 bits per heavy atom. The van der Waals surface area contributed by atoms with Crippen LogP contribution in [0.5, 0.6) is 0 Å². The summed E-state index contributed by atoms with van der Waals surface area (Å²) < 4.78 is 1.92. The molecular formula is C18H22N4OS. The van der Waals surface area contributed by atoms with Crippen molar-refractivity contribution in [2.75, 3.05) is 18.8 Å². The van der Waals surface area contributed by atoms with Crippen molar-refractivity contribution in [2.24, 2.45) is 7.05 Å². The highest BCUT2D eigenvalue weighted by atomic mass is 32.2. The fourth-order valence-corrected chi connectivity index (χ4v) is 3.12. The first-order valence-corrected chi connectivity index (χ1v) is 8.64. The van der Waals surface area contributed by atoms with Gasteiger partial charge in [-0.15, -0.1) is 23.4 Å². The summed E-state index contributed by atoms with van der Waals surface area (Å²) in [5.41, 5.74) is 2.19. The molecule has 0 spiro atoms. The smallest absolute Gasteiger partial charge is 0.233 e. The number of hydrogen-bond acceptors (Lipinski definition) is 4. The molecule has 0 fully saturated rings. The first-order valence-electron chi connectivity index (χ1n) is 7.66. The number of aromatic nitrogens is 3. The maximum Gasteiger partial charge on any atom is 0.233 e. The third-order valence-electron chi connectivity index (χ3n) is 3.60. The first-order chi connectivity index (χ1) is 11.6. The SMILES string of the molecule is C=CCN(CC=C)C(=O)CSc1nnc(-c2ccccc2C)n1C. The summed E-state index contributed by atoms with van der Waals surface area (Å²) in [5.74, 6) is 1.14. The summed E-state index contributed by atoms with van der Waals surface area (Å²) in [6.07, 6.45) is 3.43. The van der Waals surface area contributed by atoms with E-state index in [0.29, 0.717) is 18.8 Å². The van der Waals surface area contributed by atoms with Crippen LogP contribution in [0, 0.1) is 6.92 Å².